The summed E-state index contributed by atoms with van der Waals surface area (Å²) in [5.74, 6) is 0.461. The van der Waals surface area contributed by atoms with Crippen molar-refractivity contribution in [1.29, 1.82) is 0 Å². The standard InChI is InChI=1S/C19H30O/c1-4-19(2,3)17-13-11-16(12-14-17)18(20)15-9-7-5-6-8-10-15/h11-15,18,20H,4-10H2,1-3H3. The molecule has 2 rings (SSSR count). The van der Waals surface area contributed by atoms with Crippen molar-refractivity contribution in [2.75, 3.05) is 0 Å². The number of hydrogen-bond donors (Lipinski definition) is 1. The first-order chi connectivity index (χ1) is 9.54. The summed E-state index contributed by atoms with van der Waals surface area (Å²) in [6, 6.07) is 8.70. The Balaban J connectivity index is 2.08. The van der Waals surface area contributed by atoms with Crippen LogP contribution >= 0.6 is 0 Å². The van der Waals surface area contributed by atoms with Gasteiger partial charge in [-0.15, -0.1) is 0 Å². The van der Waals surface area contributed by atoms with Crippen LogP contribution in [0.3, 0.4) is 0 Å². The van der Waals surface area contributed by atoms with Crippen molar-refractivity contribution < 1.29 is 5.11 Å². The number of hydrogen-bond acceptors (Lipinski definition) is 1. The molecule has 0 aliphatic heterocycles. The predicted molar refractivity (Wildman–Crippen MR) is 85.9 cm³/mol. The van der Waals surface area contributed by atoms with Crippen LogP contribution in [0.5, 0.6) is 0 Å². The molecule has 0 bridgehead atoms. The minimum Gasteiger partial charge on any atom is -0.388 e. The highest BCUT2D eigenvalue weighted by molar-refractivity contribution is 5.29. The molecule has 0 heterocycles. The van der Waals surface area contributed by atoms with E-state index in [4.69, 9.17) is 0 Å². The van der Waals surface area contributed by atoms with Crippen LogP contribution in [0.2, 0.25) is 0 Å². The van der Waals surface area contributed by atoms with Crippen molar-refractivity contribution in [2.45, 2.75) is 77.2 Å². The molecule has 1 saturated carbocycles. The summed E-state index contributed by atoms with van der Waals surface area (Å²) < 4.78 is 0. The van der Waals surface area contributed by atoms with E-state index in [0.717, 1.165) is 12.0 Å². The van der Waals surface area contributed by atoms with Gasteiger partial charge in [0, 0.05) is 0 Å². The molecule has 1 heteroatoms. The molecule has 1 aromatic rings. The number of rotatable bonds is 4. The van der Waals surface area contributed by atoms with E-state index in [9.17, 15) is 5.11 Å². The number of aliphatic hydroxyl groups is 1. The summed E-state index contributed by atoms with van der Waals surface area (Å²) in [4.78, 5) is 0. The van der Waals surface area contributed by atoms with Crippen molar-refractivity contribution in [3.05, 3.63) is 35.4 Å². The highest BCUT2D eigenvalue weighted by atomic mass is 16.3. The van der Waals surface area contributed by atoms with E-state index in [1.54, 1.807) is 0 Å². The molecule has 0 spiro atoms. The van der Waals surface area contributed by atoms with Gasteiger partial charge in [0.25, 0.3) is 0 Å². The lowest BCUT2D eigenvalue weighted by Gasteiger charge is -2.25. The van der Waals surface area contributed by atoms with Gasteiger partial charge in [0.2, 0.25) is 0 Å². The monoisotopic (exact) mass is 274 g/mol. The van der Waals surface area contributed by atoms with Crippen LogP contribution in [0.25, 0.3) is 0 Å². The van der Waals surface area contributed by atoms with Crippen LogP contribution in [0.15, 0.2) is 24.3 Å². The second-order valence-electron chi connectivity index (χ2n) is 7.06. The average molecular weight is 274 g/mol. The van der Waals surface area contributed by atoms with Crippen LogP contribution in [-0.4, -0.2) is 5.11 Å². The van der Waals surface area contributed by atoms with Crippen LogP contribution < -0.4 is 0 Å². The third kappa shape index (κ3) is 3.63. The lowest BCUT2D eigenvalue weighted by atomic mass is 9.81. The minimum atomic E-state index is -0.271. The van der Waals surface area contributed by atoms with Gasteiger partial charge in [-0.05, 0) is 41.7 Å². The Labute approximate surface area is 124 Å². The fraction of sp³-hybridized carbons (Fsp3) is 0.684. The van der Waals surface area contributed by atoms with Gasteiger partial charge < -0.3 is 5.11 Å². The van der Waals surface area contributed by atoms with E-state index in [1.807, 2.05) is 0 Å². The predicted octanol–water partition coefficient (Wildman–Crippen LogP) is 5.38. The topological polar surface area (TPSA) is 20.2 Å². The molecule has 1 N–H and O–H groups in total. The smallest absolute Gasteiger partial charge is 0.0818 e. The highest BCUT2D eigenvalue weighted by Crippen LogP contribution is 2.34. The summed E-state index contributed by atoms with van der Waals surface area (Å²) in [5.41, 5.74) is 2.70. The van der Waals surface area contributed by atoms with E-state index in [1.165, 1.54) is 44.1 Å². The maximum atomic E-state index is 10.6. The van der Waals surface area contributed by atoms with Gasteiger partial charge in [-0.2, -0.15) is 0 Å². The lowest BCUT2D eigenvalue weighted by molar-refractivity contribution is 0.0987. The fourth-order valence-corrected chi connectivity index (χ4v) is 3.23. The van der Waals surface area contributed by atoms with E-state index in [-0.39, 0.29) is 11.5 Å². The normalized spacial score (nSPS) is 19.6. The average Bonchev–Trinajstić information content (AvgIpc) is 2.75. The third-order valence-electron chi connectivity index (χ3n) is 5.26. The molecule has 0 amide bonds. The molecular formula is C19H30O. The van der Waals surface area contributed by atoms with Crippen LogP contribution in [0.4, 0.5) is 0 Å². The Morgan fingerprint density at radius 2 is 1.60 bits per heavy atom. The third-order valence-corrected chi connectivity index (χ3v) is 5.26. The summed E-state index contributed by atoms with van der Waals surface area (Å²) in [6.07, 6.45) is 8.47. The maximum Gasteiger partial charge on any atom is 0.0818 e. The summed E-state index contributed by atoms with van der Waals surface area (Å²) in [6.45, 7) is 6.79. The van der Waals surface area contributed by atoms with Crippen molar-refractivity contribution >= 4 is 0 Å². The van der Waals surface area contributed by atoms with E-state index < -0.39 is 0 Å². The molecule has 112 valence electrons. The number of aliphatic hydroxyl groups excluding tert-OH is 1. The molecule has 1 aliphatic carbocycles. The Morgan fingerprint density at radius 1 is 1.05 bits per heavy atom. The maximum absolute atomic E-state index is 10.6. The molecule has 0 radical (unpaired) electrons. The molecule has 1 nitrogen and oxygen atoms in total. The molecule has 20 heavy (non-hydrogen) atoms. The Hall–Kier alpha value is -0.820. The van der Waals surface area contributed by atoms with Crippen molar-refractivity contribution in [3.8, 4) is 0 Å². The van der Waals surface area contributed by atoms with Gasteiger partial charge in [0.1, 0.15) is 0 Å². The SMILES string of the molecule is CCC(C)(C)c1ccc(C(O)C2CCCCCC2)cc1. The quantitative estimate of drug-likeness (QED) is 0.731. The lowest BCUT2D eigenvalue weighted by Crippen LogP contribution is -2.16. The number of benzene rings is 1. The summed E-state index contributed by atoms with van der Waals surface area (Å²) in [7, 11) is 0. The van der Waals surface area contributed by atoms with E-state index in [0.29, 0.717) is 5.92 Å². The zero-order chi connectivity index (χ0) is 14.6. The molecular weight excluding hydrogens is 244 g/mol. The van der Waals surface area contributed by atoms with E-state index >= 15 is 0 Å². The Morgan fingerprint density at radius 3 is 2.10 bits per heavy atom. The largest absolute Gasteiger partial charge is 0.388 e. The van der Waals surface area contributed by atoms with Gasteiger partial charge >= 0.3 is 0 Å². The van der Waals surface area contributed by atoms with Gasteiger partial charge in [-0.1, -0.05) is 70.7 Å². The van der Waals surface area contributed by atoms with Crippen LogP contribution in [0, 0.1) is 5.92 Å². The van der Waals surface area contributed by atoms with Crippen molar-refractivity contribution in [2.24, 2.45) is 5.92 Å². The zero-order valence-corrected chi connectivity index (χ0v) is 13.4. The van der Waals surface area contributed by atoms with Gasteiger partial charge in [-0.25, -0.2) is 0 Å². The zero-order valence-electron chi connectivity index (χ0n) is 13.4. The fourth-order valence-electron chi connectivity index (χ4n) is 3.23. The second kappa shape index (κ2) is 6.76. The Bertz CT molecular complexity index is 396. The minimum absolute atomic E-state index is 0.228. The first-order valence-electron chi connectivity index (χ1n) is 8.33. The summed E-state index contributed by atoms with van der Waals surface area (Å²) in [5, 5.41) is 10.6. The van der Waals surface area contributed by atoms with Crippen LogP contribution in [0.1, 0.15) is 82.9 Å². The summed E-state index contributed by atoms with van der Waals surface area (Å²) >= 11 is 0. The van der Waals surface area contributed by atoms with Gasteiger partial charge in [0.15, 0.2) is 0 Å². The van der Waals surface area contributed by atoms with Crippen molar-refractivity contribution in [1.82, 2.24) is 0 Å². The van der Waals surface area contributed by atoms with E-state index in [2.05, 4.69) is 45.0 Å². The highest BCUT2D eigenvalue weighted by Gasteiger charge is 2.23. The molecule has 1 aliphatic rings. The first-order valence-corrected chi connectivity index (χ1v) is 8.33. The Kier molecular flexibility index (Phi) is 5.26. The molecule has 1 unspecified atom stereocenters. The molecule has 0 aromatic heterocycles. The molecule has 0 saturated heterocycles. The van der Waals surface area contributed by atoms with Gasteiger partial charge in [-0.3, -0.25) is 0 Å². The molecule has 1 aromatic carbocycles. The van der Waals surface area contributed by atoms with Crippen LogP contribution in [-0.2, 0) is 5.41 Å². The molecule has 1 atom stereocenters. The second-order valence-corrected chi connectivity index (χ2v) is 7.06. The first kappa shape index (κ1) is 15.6. The van der Waals surface area contributed by atoms with Crippen molar-refractivity contribution in [3.63, 3.8) is 0 Å². The molecule has 1 fully saturated rings. The van der Waals surface area contributed by atoms with Gasteiger partial charge in [0.05, 0.1) is 6.10 Å².